The molecule has 0 heterocycles. The van der Waals surface area contributed by atoms with Crippen LogP contribution < -0.4 is 4.74 Å². The molecule has 4 heteroatoms. The lowest BCUT2D eigenvalue weighted by Gasteiger charge is -2.23. The van der Waals surface area contributed by atoms with E-state index in [0.717, 1.165) is 5.56 Å². The number of methoxy groups -OCH3 is 1. The van der Waals surface area contributed by atoms with Gasteiger partial charge in [0.15, 0.2) is 12.6 Å². The SMILES string of the molecule is COCOc1cc(C)ccc1[C@](C)(O)C(C)=O. The van der Waals surface area contributed by atoms with Gasteiger partial charge in [-0.3, -0.25) is 4.79 Å². The quantitative estimate of drug-likeness (QED) is 0.794. The molecule has 0 radical (unpaired) electrons. The van der Waals surface area contributed by atoms with Crippen molar-refractivity contribution >= 4 is 5.78 Å². The first-order chi connectivity index (χ1) is 7.89. The summed E-state index contributed by atoms with van der Waals surface area (Å²) in [6, 6.07) is 5.29. The van der Waals surface area contributed by atoms with E-state index in [1.807, 2.05) is 13.0 Å². The molecule has 1 aromatic carbocycles. The first-order valence-corrected chi connectivity index (χ1v) is 5.36. The number of hydrogen-bond donors (Lipinski definition) is 1. The van der Waals surface area contributed by atoms with Crippen molar-refractivity contribution in [1.29, 1.82) is 0 Å². The summed E-state index contributed by atoms with van der Waals surface area (Å²) in [5.41, 5.74) is -0.108. The summed E-state index contributed by atoms with van der Waals surface area (Å²) in [6.45, 7) is 4.79. The van der Waals surface area contributed by atoms with Gasteiger partial charge < -0.3 is 14.6 Å². The number of carbonyl (C=O) groups excluding carboxylic acids is 1. The maximum Gasteiger partial charge on any atom is 0.188 e. The summed E-state index contributed by atoms with van der Waals surface area (Å²) in [6.07, 6.45) is 0. The van der Waals surface area contributed by atoms with Crippen LogP contribution in [0.15, 0.2) is 18.2 Å². The molecule has 0 unspecified atom stereocenters. The highest BCUT2D eigenvalue weighted by atomic mass is 16.7. The fraction of sp³-hybridized carbons (Fsp3) is 0.462. The average Bonchev–Trinajstić information content (AvgIpc) is 2.25. The minimum absolute atomic E-state index is 0.0738. The number of aryl methyl sites for hydroxylation is 1. The van der Waals surface area contributed by atoms with Gasteiger partial charge in [-0.05, 0) is 32.4 Å². The summed E-state index contributed by atoms with van der Waals surface area (Å²) in [7, 11) is 1.51. The number of Topliss-reactive ketones (excluding diaryl/α,β-unsaturated/α-hetero) is 1. The molecular weight excluding hydrogens is 220 g/mol. The van der Waals surface area contributed by atoms with E-state index in [2.05, 4.69) is 0 Å². The molecule has 0 aliphatic carbocycles. The minimum Gasteiger partial charge on any atom is -0.467 e. The fourth-order valence-electron chi connectivity index (χ4n) is 1.46. The molecule has 0 spiro atoms. The molecule has 0 aromatic heterocycles. The number of ketones is 1. The Kier molecular flexibility index (Phi) is 4.26. The normalized spacial score (nSPS) is 14.2. The molecule has 0 saturated heterocycles. The van der Waals surface area contributed by atoms with Crippen LogP contribution in [0.25, 0.3) is 0 Å². The van der Waals surface area contributed by atoms with Gasteiger partial charge in [0.2, 0.25) is 0 Å². The van der Waals surface area contributed by atoms with Crippen LogP contribution in [-0.2, 0) is 15.1 Å². The Labute approximate surface area is 101 Å². The van der Waals surface area contributed by atoms with E-state index in [0.29, 0.717) is 11.3 Å². The minimum atomic E-state index is -1.54. The van der Waals surface area contributed by atoms with Crippen molar-refractivity contribution in [3.05, 3.63) is 29.3 Å². The van der Waals surface area contributed by atoms with Gasteiger partial charge in [-0.2, -0.15) is 0 Å². The number of carbonyl (C=O) groups is 1. The van der Waals surface area contributed by atoms with Gasteiger partial charge in [-0.15, -0.1) is 0 Å². The van der Waals surface area contributed by atoms with Gasteiger partial charge in [0.25, 0.3) is 0 Å². The van der Waals surface area contributed by atoms with Crippen molar-refractivity contribution in [2.45, 2.75) is 26.4 Å². The summed E-state index contributed by atoms with van der Waals surface area (Å²) in [5, 5.41) is 10.2. The first-order valence-electron chi connectivity index (χ1n) is 5.36. The molecule has 0 aliphatic rings. The Balaban J connectivity index is 3.18. The summed E-state index contributed by atoms with van der Waals surface area (Å²) in [4.78, 5) is 11.4. The van der Waals surface area contributed by atoms with E-state index in [1.54, 1.807) is 12.1 Å². The third-order valence-electron chi connectivity index (χ3n) is 2.68. The highest BCUT2D eigenvalue weighted by Gasteiger charge is 2.31. The highest BCUT2D eigenvalue weighted by Crippen LogP contribution is 2.31. The number of hydrogen-bond acceptors (Lipinski definition) is 4. The van der Waals surface area contributed by atoms with E-state index in [9.17, 15) is 9.90 Å². The molecule has 1 aromatic rings. The van der Waals surface area contributed by atoms with Gasteiger partial charge in [0, 0.05) is 12.7 Å². The monoisotopic (exact) mass is 238 g/mol. The van der Waals surface area contributed by atoms with Crippen LogP contribution in [0.5, 0.6) is 5.75 Å². The Morgan fingerprint density at radius 2 is 2.12 bits per heavy atom. The summed E-state index contributed by atoms with van der Waals surface area (Å²) in [5.74, 6) is 0.135. The second-order valence-corrected chi connectivity index (χ2v) is 4.18. The molecule has 0 fully saturated rings. The number of benzene rings is 1. The largest absolute Gasteiger partial charge is 0.467 e. The molecule has 1 N–H and O–H groups in total. The van der Waals surface area contributed by atoms with Crippen LogP contribution in [0, 0.1) is 6.92 Å². The third-order valence-corrected chi connectivity index (χ3v) is 2.68. The molecule has 4 nitrogen and oxygen atoms in total. The molecule has 1 rings (SSSR count). The van der Waals surface area contributed by atoms with Crippen LogP contribution in [0.2, 0.25) is 0 Å². The lowest BCUT2D eigenvalue weighted by Crippen LogP contribution is -2.30. The number of rotatable bonds is 5. The second kappa shape index (κ2) is 5.29. The maximum absolute atomic E-state index is 11.4. The maximum atomic E-state index is 11.4. The van der Waals surface area contributed by atoms with Gasteiger partial charge >= 0.3 is 0 Å². The van der Waals surface area contributed by atoms with Crippen molar-refractivity contribution in [2.75, 3.05) is 13.9 Å². The molecular formula is C13H18O4. The van der Waals surface area contributed by atoms with E-state index in [4.69, 9.17) is 9.47 Å². The molecule has 0 saturated carbocycles. The van der Waals surface area contributed by atoms with Crippen molar-refractivity contribution in [3.63, 3.8) is 0 Å². The van der Waals surface area contributed by atoms with E-state index in [1.165, 1.54) is 21.0 Å². The van der Waals surface area contributed by atoms with Gasteiger partial charge in [0.05, 0.1) is 0 Å². The topological polar surface area (TPSA) is 55.8 Å². The third kappa shape index (κ3) is 3.05. The zero-order chi connectivity index (χ0) is 13.1. The Morgan fingerprint density at radius 3 is 2.65 bits per heavy atom. The lowest BCUT2D eigenvalue weighted by atomic mass is 9.91. The van der Waals surface area contributed by atoms with Crippen LogP contribution in [0.4, 0.5) is 0 Å². The average molecular weight is 238 g/mol. The highest BCUT2D eigenvalue weighted by molar-refractivity contribution is 5.86. The number of ether oxygens (including phenoxy) is 2. The van der Waals surface area contributed by atoms with Crippen LogP contribution in [0.1, 0.15) is 25.0 Å². The molecule has 94 valence electrons. The first kappa shape index (κ1) is 13.7. The Bertz CT molecular complexity index is 410. The predicted octanol–water partition coefficient (Wildman–Crippen LogP) is 1.77. The van der Waals surface area contributed by atoms with E-state index < -0.39 is 5.60 Å². The second-order valence-electron chi connectivity index (χ2n) is 4.18. The zero-order valence-electron chi connectivity index (χ0n) is 10.6. The fourth-order valence-corrected chi connectivity index (χ4v) is 1.46. The van der Waals surface area contributed by atoms with E-state index >= 15 is 0 Å². The molecule has 0 bridgehead atoms. The summed E-state index contributed by atoms with van der Waals surface area (Å²) < 4.78 is 10.2. The van der Waals surface area contributed by atoms with Crippen molar-refractivity contribution < 1.29 is 19.4 Å². The Morgan fingerprint density at radius 1 is 1.47 bits per heavy atom. The smallest absolute Gasteiger partial charge is 0.188 e. The van der Waals surface area contributed by atoms with E-state index in [-0.39, 0.29) is 12.6 Å². The molecule has 0 amide bonds. The van der Waals surface area contributed by atoms with Gasteiger partial charge in [0.1, 0.15) is 11.4 Å². The predicted molar refractivity (Wildman–Crippen MR) is 63.9 cm³/mol. The lowest BCUT2D eigenvalue weighted by molar-refractivity contribution is -0.134. The van der Waals surface area contributed by atoms with Gasteiger partial charge in [-0.25, -0.2) is 0 Å². The standard InChI is InChI=1S/C13H18O4/c1-9-5-6-11(13(3,15)10(2)14)12(7-9)17-8-16-4/h5-7,15H,8H2,1-4H3/t13-/m1/s1. The summed E-state index contributed by atoms with van der Waals surface area (Å²) >= 11 is 0. The number of aliphatic hydroxyl groups is 1. The molecule has 1 atom stereocenters. The van der Waals surface area contributed by atoms with Crippen LogP contribution in [-0.4, -0.2) is 24.8 Å². The van der Waals surface area contributed by atoms with Crippen LogP contribution >= 0.6 is 0 Å². The molecule has 17 heavy (non-hydrogen) atoms. The van der Waals surface area contributed by atoms with Crippen molar-refractivity contribution in [3.8, 4) is 5.75 Å². The van der Waals surface area contributed by atoms with Crippen molar-refractivity contribution in [2.24, 2.45) is 0 Å². The van der Waals surface area contributed by atoms with Crippen molar-refractivity contribution in [1.82, 2.24) is 0 Å². The molecule has 0 aliphatic heterocycles. The zero-order valence-corrected chi connectivity index (χ0v) is 10.6. The Hall–Kier alpha value is -1.39. The van der Waals surface area contributed by atoms with Crippen LogP contribution in [0.3, 0.4) is 0 Å². The van der Waals surface area contributed by atoms with Gasteiger partial charge in [-0.1, -0.05) is 12.1 Å².